The van der Waals surface area contributed by atoms with E-state index in [0.717, 1.165) is 0 Å². The summed E-state index contributed by atoms with van der Waals surface area (Å²) >= 11 is 0. The van der Waals surface area contributed by atoms with Gasteiger partial charge < -0.3 is 14.8 Å². The molecular formula is C18H21N5O. The van der Waals surface area contributed by atoms with Crippen LogP contribution >= 0.6 is 0 Å². The Morgan fingerprint density at radius 2 is 2.12 bits per heavy atom. The number of imidazole rings is 1. The molecule has 1 fully saturated rings. The molecule has 0 aliphatic carbocycles. The van der Waals surface area contributed by atoms with Gasteiger partial charge in [-0.25, -0.2) is 4.98 Å². The normalized spacial score (nSPS) is 21.3. The van der Waals surface area contributed by atoms with E-state index in [1.54, 1.807) is 11.2 Å². The number of nitrogens with one attached hydrogen (secondary N) is 1. The monoisotopic (exact) mass is 323 g/mol. The second-order valence-electron chi connectivity index (χ2n) is 6.37. The highest BCUT2D eigenvalue weighted by Gasteiger charge is 2.34. The Labute approximate surface area is 141 Å². The van der Waals surface area contributed by atoms with Crippen molar-refractivity contribution in [1.82, 2.24) is 14.5 Å². The molecule has 1 aliphatic rings. The fraction of sp³-hybridized carbons (Fsp3) is 0.389. The first-order valence-electron chi connectivity index (χ1n) is 8.12. The number of carbonyl (C=O) groups excluding carboxylic acids is 1. The lowest BCUT2D eigenvalue weighted by atomic mass is 9.97. The third-order valence-corrected chi connectivity index (χ3v) is 4.67. The third kappa shape index (κ3) is 3.25. The second kappa shape index (κ2) is 6.75. The van der Waals surface area contributed by atoms with Gasteiger partial charge in [0.1, 0.15) is 0 Å². The summed E-state index contributed by atoms with van der Waals surface area (Å²) in [5.41, 5.74) is 1.18. The van der Waals surface area contributed by atoms with Crippen molar-refractivity contribution in [3.8, 4) is 6.19 Å². The molecule has 1 N–H and O–H groups in total. The molecule has 2 heterocycles. The number of aromatic nitrogens is 2. The summed E-state index contributed by atoms with van der Waals surface area (Å²) in [6.07, 6.45) is 5.69. The third-order valence-electron chi connectivity index (χ3n) is 4.67. The van der Waals surface area contributed by atoms with Gasteiger partial charge in [0.25, 0.3) is 0 Å². The zero-order chi connectivity index (χ0) is 17.1. The van der Waals surface area contributed by atoms with E-state index in [-0.39, 0.29) is 23.8 Å². The average Bonchev–Trinajstić information content (AvgIpc) is 3.21. The van der Waals surface area contributed by atoms with Crippen molar-refractivity contribution in [2.45, 2.75) is 19.9 Å². The van der Waals surface area contributed by atoms with Gasteiger partial charge in [-0.3, -0.25) is 4.79 Å². The van der Waals surface area contributed by atoms with Gasteiger partial charge in [0.05, 0.1) is 18.3 Å². The van der Waals surface area contributed by atoms with Crippen molar-refractivity contribution in [2.75, 3.05) is 18.4 Å². The van der Waals surface area contributed by atoms with E-state index in [1.165, 1.54) is 5.56 Å². The Balaban J connectivity index is 1.66. The number of nitriles is 1. The van der Waals surface area contributed by atoms with Gasteiger partial charge in [-0.1, -0.05) is 37.3 Å². The number of rotatable bonds is 4. The van der Waals surface area contributed by atoms with Crippen LogP contribution in [0.1, 0.15) is 25.5 Å². The summed E-state index contributed by atoms with van der Waals surface area (Å²) < 4.78 is 1.98. The first kappa shape index (κ1) is 16.1. The van der Waals surface area contributed by atoms with Gasteiger partial charge in [0.2, 0.25) is 5.91 Å². The zero-order valence-electron chi connectivity index (χ0n) is 13.9. The molecule has 6 nitrogen and oxygen atoms in total. The molecule has 1 aromatic carbocycles. The van der Waals surface area contributed by atoms with Crippen molar-refractivity contribution in [3.63, 3.8) is 0 Å². The van der Waals surface area contributed by atoms with Gasteiger partial charge >= 0.3 is 0 Å². The largest absolute Gasteiger partial charge is 0.328 e. The zero-order valence-corrected chi connectivity index (χ0v) is 13.9. The highest BCUT2D eigenvalue weighted by atomic mass is 16.2. The minimum atomic E-state index is -0.179. The Bertz CT molecular complexity index is 748. The second-order valence-corrected chi connectivity index (χ2v) is 6.37. The van der Waals surface area contributed by atoms with Crippen LogP contribution in [0, 0.1) is 23.3 Å². The van der Waals surface area contributed by atoms with Crippen molar-refractivity contribution in [2.24, 2.45) is 11.8 Å². The average molecular weight is 323 g/mol. The van der Waals surface area contributed by atoms with Crippen LogP contribution in [0.4, 0.5) is 5.82 Å². The van der Waals surface area contributed by atoms with E-state index in [0.29, 0.717) is 18.9 Å². The van der Waals surface area contributed by atoms with Gasteiger partial charge in [-0.05, 0) is 18.4 Å². The van der Waals surface area contributed by atoms with Gasteiger partial charge in [-0.2, -0.15) is 5.26 Å². The number of amides is 1. The maximum atomic E-state index is 12.4. The van der Waals surface area contributed by atoms with E-state index >= 15 is 0 Å². The molecule has 1 amide bonds. The molecule has 2 aromatic rings. The first-order valence-corrected chi connectivity index (χ1v) is 8.12. The summed E-state index contributed by atoms with van der Waals surface area (Å²) in [6.45, 7) is 5.20. The predicted molar refractivity (Wildman–Crippen MR) is 91.0 cm³/mol. The Morgan fingerprint density at radius 3 is 2.79 bits per heavy atom. The molecule has 1 aliphatic heterocycles. The summed E-state index contributed by atoms with van der Waals surface area (Å²) in [7, 11) is 0. The predicted octanol–water partition coefficient (Wildman–Crippen LogP) is 2.48. The van der Waals surface area contributed by atoms with E-state index in [4.69, 9.17) is 5.26 Å². The highest BCUT2D eigenvalue weighted by molar-refractivity contribution is 5.92. The Morgan fingerprint density at radius 1 is 1.38 bits per heavy atom. The highest BCUT2D eigenvalue weighted by Crippen LogP contribution is 2.24. The standard InChI is InChI=1S/C18H21N5O/c1-13-8-22(11-19)9-16(13)18(24)21-17-10-23(12-20-17)14(2)15-6-4-3-5-7-15/h3-7,10,12-14,16H,8-9H2,1-2H3,(H,21,24)/t13-,14?,16-/m1/s1. The Hall–Kier alpha value is -2.81. The molecule has 3 rings (SSSR count). The molecule has 0 bridgehead atoms. The lowest BCUT2D eigenvalue weighted by Crippen LogP contribution is -2.28. The van der Waals surface area contributed by atoms with Crippen molar-refractivity contribution in [1.29, 1.82) is 5.26 Å². The van der Waals surface area contributed by atoms with E-state index in [2.05, 4.69) is 35.6 Å². The number of nitrogens with zero attached hydrogens (tertiary/aromatic N) is 4. The quantitative estimate of drug-likeness (QED) is 0.877. The summed E-state index contributed by atoms with van der Waals surface area (Å²) in [6, 6.07) is 10.3. The minimum absolute atomic E-state index is 0.0714. The fourth-order valence-corrected chi connectivity index (χ4v) is 3.13. The van der Waals surface area contributed by atoms with E-state index in [9.17, 15) is 4.79 Å². The van der Waals surface area contributed by atoms with Crippen LogP contribution in [0.5, 0.6) is 0 Å². The van der Waals surface area contributed by atoms with Crippen LogP contribution in [0.25, 0.3) is 0 Å². The van der Waals surface area contributed by atoms with E-state index in [1.807, 2.05) is 35.9 Å². The smallest absolute Gasteiger partial charge is 0.230 e. The molecule has 3 atom stereocenters. The molecule has 1 unspecified atom stereocenters. The van der Waals surface area contributed by atoms with Crippen LogP contribution in [0.2, 0.25) is 0 Å². The van der Waals surface area contributed by atoms with Crippen LogP contribution in [0.3, 0.4) is 0 Å². The number of likely N-dealkylation sites (tertiary alicyclic amines) is 1. The SMILES string of the molecule is CC(c1ccccc1)n1cnc(NC(=O)[C@@H]2CN(C#N)C[C@H]2C)c1. The first-order chi connectivity index (χ1) is 11.6. The van der Waals surface area contributed by atoms with Crippen molar-refractivity contribution in [3.05, 3.63) is 48.4 Å². The molecule has 1 aromatic heterocycles. The van der Waals surface area contributed by atoms with Gasteiger partial charge in [0.15, 0.2) is 12.0 Å². The molecule has 6 heteroatoms. The molecule has 124 valence electrons. The molecular weight excluding hydrogens is 302 g/mol. The van der Waals surface area contributed by atoms with Crippen LogP contribution < -0.4 is 5.32 Å². The topological polar surface area (TPSA) is 74.0 Å². The minimum Gasteiger partial charge on any atom is -0.328 e. The van der Waals surface area contributed by atoms with E-state index < -0.39 is 0 Å². The maximum Gasteiger partial charge on any atom is 0.230 e. The number of carbonyl (C=O) groups is 1. The molecule has 1 saturated heterocycles. The summed E-state index contributed by atoms with van der Waals surface area (Å²) in [5.74, 6) is 0.458. The maximum absolute atomic E-state index is 12.4. The van der Waals surface area contributed by atoms with Crippen LogP contribution in [0.15, 0.2) is 42.9 Å². The van der Waals surface area contributed by atoms with Gasteiger partial charge in [-0.15, -0.1) is 0 Å². The molecule has 0 spiro atoms. The fourth-order valence-electron chi connectivity index (χ4n) is 3.13. The Kier molecular flexibility index (Phi) is 4.52. The molecule has 24 heavy (non-hydrogen) atoms. The van der Waals surface area contributed by atoms with Crippen LogP contribution in [-0.4, -0.2) is 33.4 Å². The van der Waals surface area contributed by atoms with Crippen molar-refractivity contribution >= 4 is 11.7 Å². The summed E-state index contributed by atoms with van der Waals surface area (Å²) in [4.78, 5) is 18.4. The number of benzene rings is 1. The lowest BCUT2D eigenvalue weighted by molar-refractivity contribution is -0.120. The van der Waals surface area contributed by atoms with Gasteiger partial charge in [0, 0.05) is 19.3 Å². The number of hydrogen-bond donors (Lipinski definition) is 1. The summed E-state index contributed by atoms with van der Waals surface area (Å²) in [5, 5.41) is 11.9. The number of anilines is 1. The number of hydrogen-bond acceptors (Lipinski definition) is 4. The molecule has 0 saturated carbocycles. The van der Waals surface area contributed by atoms with Crippen molar-refractivity contribution < 1.29 is 4.79 Å². The lowest BCUT2D eigenvalue weighted by Gasteiger charge is -2.14. The molecule has 0 radical (unpaired) electrons. The van der Waals surface area contributed by atoms with Crippen LogP contribution in [-0.2, 0) is 4.79 Å².